The van der Waals surface area contributed by atoms with E-state index in [4.69, 9.17) is 21.5 Å². The van der Waals surface area contributed by atoms with Crippen molar-refractivity contribution >= 4 is 49.3 Å². The Labute approximate surface area is 369 Å². The average Bonchev–Trinajstić information content (AvgIpc) is 3.89. The Morgan fingerprint density at radius 2 is 0.797 bits per heavy atom. The van der Waals surface area contributed by atoms with E-state index in [2.05, 4.69) is 178 Å². The van der Waals surface area contributed by atoms with Gasteiger partial charge >= 0.3 is 0 Å². The van der Waals surface area contributed by atoms with Gasteiger partial charge in [-0.25, -0.2) is 9.83 Å². The number of rotatable bonds is 7. The number of hydrogen-bond acceptors (Lipinski definition) is 3. The molecule has 0 saturated heterocycles. The molecule has 0 radical (unpaired) electrons. The zero-order chi connectivity index (χ0) is 42.6. The molecule has 3 aromatic heterocycles. The van der Waals surface area contributed by atoms with Crippen LogP contribution in [0.5, 0.6) is 0 Å². The van der Waals surface area contributed by atoms with Crippen LogP contribution in [0, 0.1) is 6.57 Å². The lowest BCUT2D eigenvalue weighted by atomic mass is 9.98. The van der Waals surface area contributed by atoms with Gasteiger partial charge in [0.1, 0.15) is 0 Å². The summed E-state index contributed by atoms with van der Waals surface area (Å²) in [6.45, 7) is 8.32. The van der Waals surface area contributed by atoms with Crippen LogP contribution in [0.25, 0.3) is 116 Å². The smallest absolute Gasteiger partial charge is 0.238 e. The van der Waals surface area contributed by atoms with E-state index in [1.807, 2.05) is 54.6 Å². The molecule has 0 unspecified atom stereocenters. The van der Waals surface area contributed by atoms with E-state index in [1.165, 1.54) is 0 Å². The van der Waals surface area contributed by atoms with Gasteiger partial charge in [-0.3, -0.25) is 4.57 Å². The Balaban J connectivity index is 1.12. The van der Waals surface area contributed by atoms with Gasteiger partial charge in [0.15, 0.2) is 17.3 Å². The Hall–Kier alpha value is -8.92. The van der Waals surface area contributed by atoms with Crippen molar-refractivity contribution in [3.8, 4) is 67.8 Å². The van der Waals surface area contributed by atoms with Gasteiger partial charge in [0, 0.05) is 32.7 Å². The van der Waals surface area contributed by atoms with Gasteiger partial charge in [-0.1, -0.05) is 164 Å². The highest BCUT2D eigenvalue weighted by molar-refractivity contribution is 6.12. The van der Waals surface area contributed by atoms with Gasteiger partial charge in [-0.15, -0.1) is 0 Å². The van der Waals surface area contributed by atoms with Crippen molar-refractivity contribution < 1.29 is 0 Å². The first-order valence-electron chi connectivity index (χ1n) is 21.3. The van der Waals surface area contributed by atoms with E-state index >= 15 is 0 Å². The zero-order valence-electron chi connectivity index (χ0n) is 34.5. The number of hydrogen-bond donors (Lipinski definition) is 0. The summed E-state index contributed by atoms with van der Waals surface area (Å²) in [6.07, 6.45) is 0. The molecule has 6 nitrogen and oxygen atoms in total. The second kappa shape index (κ2) is 15.2. The first kappa shape index (κ1) is 36.9. The third kappa shape index (κ3) is 6.14. The monoisotopic (exact) mass is 816 g/mol. The van der Waals surface area contributed by atoms with Crippen LogP contribution in [0.4, 0.5) is 5.69 Å². The van der Waals surface area contributed by atoms with E-state index in [1.54, 1.807) is 0 Å². The van der Waals surface area contributed by atoms with Crippen LogP contribution in [0.3, 0.4) is 0 Å². The maximum atomic E-state index is 8.32. The van der Waals surface area contributed by atoms with Crippen LogP contribution in [0.1, 0.15) is 0 Å². The Morgan fingerprint density at radius 1 is 0.328 bits per heavy atom. The molecule has 12 aromatic rings. The number of nitrogens with zero attached hydrogens (tertiary/aromatic N) is 6. The molecular formula is C58H36N6. The lowest BCUT2D eigenvalue weighted by molar-refractivity contribution is 0.953. The third-order valence-electron chi connectivity index (χ3n) is 12.2. The summed E-state index contributed by atoms with van der Waals surface area (Å²) in [7, 11) is 0. The summed E-state index contributed by atoms with van der Waals surface area (Å²) < 4.78 is 4.48. The van der Waals surface area contributed by atoms with Gasteiger partial charge in [0.05, 0.1) is 34.3 Å². The van der Waals surface area contributed by atoms with Crippen LogP contribution in [0.2, 0.25) is 0 Å². The van der Waals surface area contributed by atoms with Crippen molar-refractivity contribution in [3.05, 3.63) is 230 Å². The Kier molecular flexibility index (Phi) is 8.77. The van der Waals surface area contributed by atoms with Crippen LogP contribution < -0.4 is 0 Å². The van der Waals surface area contributed by atoms with Gasteiger partial charge in [0.2, 0.25) is 5.95 Å². The van der Waals surface area contributed by atoms with Gasteiger partial charge in [-0.2, -0.15) is 9.97 Å². The molecule has 0 bridgehead atoms. The highest BCUT2D eigenvalue weighted by atomic mass is 15.2. The molecule has 0 fully saturated rings. The number of fused-ring (bicyclic) bond motifs is 6. The van der Waals surface area contributed by atoms with Crippen molar-refractivity contribution in [3.63, 3.8) is 0 Å². The van der Waals surface area contributed by atoms with Gasteiger partial charge in [-0.05, 0) is 88.0 Å². The fraction of sp³-hybridized carbons (Fsp3) is 0. The molecule has 0 saturated carbocycles. The van der Waals surface area contributed by atoms with Crippen molar-refractivity contribution in [2.24, 2.45) is 0 Å². The maximum absolute atomic E-state index is 8.32. The fourth-order valence-corrected chi connectivity index (χ4v) is 9.24. The van der Waals surface area contributed by atoms with Crippen molar-refractivity contribution in [1.82, 2.24) is 24.1 Å². The molecule has 3 heterocycles. The third-order valence-corrected chi connectivity index (χ3v) is 12.2. The summed E-state index contributed by atoms with van der Waals surface area (Å²) in [4.78, 5) is 19.7. The molecule has 298 valence electrons. The predicted octanol–water partition coefficient (Wildman–Crippen LogP) is 15.0. The maximum Gasteiger partial charge on any atom is 0.238 e. The highest BCUT2D eigenvalue weighted by Crippen LogP contribution is 2.43. The summed E-state index contributed by atoms with van der Waals surface area (Å²) in [5, 5.41) is 4.54. The van der Waals surface area contributed by atoms with E-state index in [9.17, 15) is 0 Å². The molecule has 0 atom stereocenters. The largest absolute Gasteiger partial charge is 0.309 e. The molecule has 0 amide bonds. The molecule has 6 heteroatoms. The van der Waals surface area contributed by atoms with Crippen LogP contribution in [-0.2, 0) is 0 Å². The predicted molar refractivity (Wildman–Crippen MR) is 262 cm³/mol. The first-order valence-corrected chi connectivity index (χ1v) is 21.3. The van der Waals surface area contributed by atoms with Crippen LogP contribution >= 0.6 is 0 Å². The Morgan fingerprint density at radius 3 is 1.38 bits per heavy atom. The summed E-state index contributed by atoms with van der Waals surface area (Å²) in [5.74, 6) is 1.63. The summed E-state index contributed by atoms with van der Waals surface area (Å²) in [6, 6.07) is 75.7. The topological polar surface area (TPSA) is 52.9 Å². The quantitative estimate of drug-likeness (QED) is 0.151. The average molecular weight is 817 g/mol. The van der Waals surface area contributed by atoms with E-state index < -0.39 is 0 Å². The molecule has 0 aliphatic carbocycles. The fourth-order valence-electron chi connectivity index (χ4n) is 9.24. The summed E-state index contributed by atoms with van der Waals surface area (Å²) in [5.41, 5.74) is 13.7. The van der Waals surface area contributed by atoms with E-state index in [0.29, 0.717) is 23.3 Å². The van der Waals surface area contributed by atoms with E-state index in [-0.39, 0.29) is 0 Å². The second-order valence-corrected chi connectivity index (χ2v) is 15.9. The molecule has 0 spiro atoms. The minimum Gasteiger partial charge on any atom is -0.309 e. The minimum atomic E-state index is 0.527. The van der Waals surface area contributed by atoms with Crippen molar-refractivity contribution in [2.75, 3.05) is 0 Å². The van der Waals surface area contributed by atoms with Gasteiger partial charge < -0.3 is 4.57 Å². The SMILES string of the molecule is [C-]#[N+]c1ccccc1-c1cc(-c2nc(-c3ccccc3)nc(-n3c4ccccc4c4ccccc43)n2)ccc1-n1c2ccc(-c3ccccc3)cc2c2cc(-c3ccccc3)ccc21. The molecule has 64 heavy (non-hydrogen) atoms. The lowest BCUT2D eigenvalue weighted by Gasteiger charge is -2.17. The Bertz CT molecular complexity index is 3640. The second-order valence-electron chi connectivity index (χ2n) is 15.9. The minimum absolute atomic E-state index is 0.527. The van der Waals surface area contributed by atoms with Crippen molar-refractivity contribution in [1.29, 1.82) is 0 Å². The zero-order valence-corrected chi connectivity index (χ0v) is 34.5. The normalized spacial score (nSPS) is 11.4. The highest BCUT2D eigenvalue weighted by Gasteiger charge is 2.22. The van der Waals surface area contributed by atoms with Crippen molar-refractivity contribution in [2.45, 2.75) is 0 Å². The summed E-state index contributed by atoms with van der Waals surface area (Å²) >= 11 is 0. The molecule has 0 N–H and O–H groups in total. The number of benzene rings is 9. The molecular weight excluding hydrogens is 781 g/mol. The molecule has 0 aliphatic rings. The standard InChI is InChI=1S/C58H36N6/c1-59-50-26-14-11-23-44(50)47-37-43(57-60-56(40-21-9-4-10-22-40)61-58(62-57)64-51-27-15-12-24-45(51)46-25-13-16-28-52(46)64)31-34-53(47)63-54-32-29-41(38-17-5-2-6-18-38)35-48(54)49-36-42(30-33-55(49)63)39-19-7-3-8-20-39/h2-37H. The van der Waals surface area contributed by atoms with Gasteiger partial charge in [0.25, 0.3) is 0 Å². The first-order chi connectivity index (χ1) is 31.7. The van der Waals surface area contributed by atoms with Crippen LogP contribution in [0.15, 0.2) is 218 Å². The molecule has 0 aliphatic heterocycles. The molecule has 12 rings (SSSR count). The molecule has 9 aromatic carbocycles. The van der Waals surface area contributed by atoms with E-state index in [0.717, 1.165) is 93.8 Å². The number of para-hydroxylation sites is 3. The number of aromatic nitrogens is 5. The van der Waals surface area contributed by atoms with Crippen LogP contribution in [-0.4, -0.2) is 24.1 Å². The lowest BCUT2D eigenvalue weighted by Crippen LogP contribution is -2.06.